The lowest BCUT2D eigenvalue weighted by molar-refractivity contribution is -0.116. The molecule has 1 N–H and O–H groups in total. The van der Waals surface area contributed by atoms with Gasteiger partial charge in [-0.2, -0.15) is 0 Å². The summed E-state index contributed by atoms with van der Waals surface area (Å²) in [6.45, 7) is 1.14. The predicted octanol–water partition coefficient (Wildman–Crippen LogP) is 3.74. The van der Waals surface area contributed by atoms with E-state index < -0.39 is 5.82 Å². The number of benzene rings is 1. The normalized spacial score (nSPS) is 16.4. The van der Waals surface area contributed by atoms with Crippen LogP contribution in [0.3, 0.4) is 0 Å². The molecule has 0 bridgehead atoms. The molecular weight excluding hydrogens is 335 g/mol. The largest absolute Gasteiger partial charge is 0.489 e. The Kier molecular flexibility index (Phi) is 6.55. The number of nitrogens with one attached hydrogen (secondary N) is 1. The summed E-state index contributed by atoms with van der Waals surface area (Å²) in [5, 5.41) is 2.75. The Bertz CT molecular complexity index is 718. The fourth-order valence-electron chi connectivity index (χ4n) is 2.87. The Balaban J connectivity index is 1.51. The molecule has 1 aliphatic heterocycles. The summed E-state index contributed by atoms with van der Waals surface area (Å²) in [5.41, 5.74) is 1.30. The monoisotopic (exact) mass is 358 g/mol. The van der Waals surface area contributed by atoms with Crippen LogP contribution in [0.25, 0.3) is 0 Å². The van der Waals surface area contributed by atoms with Crippen molar-refractivity contribution in [3.8, 4) is 5.75 Å². The van der Waals surface area contributed by atoms with E-state index in [4.69, 9.17) is 9.47 Å². The van der Waals surface area contributed by atoms with E-state index in [1.54, 1.807) is 6.20 Å². The van der Waals surface area contributed by atoms with Crippen molar-refractivity contribution < 1.29 is 18.7 Å². The van der Waals surface area contributed by atoms with E-state index in [2.05, 4.69) is 10.3 Å². The molecule has 1 unspecified atom stereocenters. The van der Waals surface area contributed by atoms with Gasteiger partial charge < -0.3 is 14.8 Å². The van der Waals surface area contributed by atoms with Crippen molar-refractivity contribution in [2.24, 2.45) is 0 Å². The number of pyridine rings is 1. The van der Waals surface area contributed by atoms with Gasteiger partial charge in [0.2, 0.25) is 5.91 Å². The van der Waals surface area contributed by atoms with Gasteiger partial charge in [-0.15, -0.1) is 0 Å². The number of rotatable bonds is 8. The Hall–Kier alpha value is -2.47. The highest BCUT2D eigenvalue weighted by molar-refractivity contribution is 5.92. The summed E-state index contributed by atoms with van der Waals surface area (Å²) >= 11 is 0. The topological polar surface area (TPSA) is 60.5 Å². The quantitative estimate of drug-likeness (QED) is 0.781. The maximum atomic E-state index is 13.6. The van der Waals surface area contributed by atoms with Crippen molar-refractivity contribution in [2.45, 2.75) is 38.2 Å². The molecule has 2 heterocycles. The molecule has 1 saturated heterocycles. The smallest absolute Gasteiger partial charge is 0.224 e. The number of nitrogens with zero attached hydrogens (tertiary/aromatic N) is 1. The highest BCUT2D eigenvalue weighted by atomic mass is 19.1. The lowest BCUT2D eigenvalue weighted by Crippen LogP contribution is -2.18. The standard InChI is InChI=1S/C20H23FN2O3/c21-15-9-10-19(26-14-17-7-4-12-25-17)18(13-15)23-20(24)8-3-6-16-5-1-2-11-22-16/h1-2,5,9-11,13,17H,3-4,6-8,12,14H2,(H,23,24). The van der Waals surface area contributed by atoms with E-state index in [9.17, 15) is 9.18 Å². The minimum atomic E-state index is -0.418. The number of carbonyl (C=O) groups is 1. The van der Waals surface area contributed by atoms with Crippen LogP contribution < -0.4 is 10.1 Å². The second kappa shape index (κ2) is 9.29. The minimum Gasteiger partial charge on any atom is -0.489 e. The molecule has 26 heavy (non-hydrogen) atoms. The van der Waals surface area contributed by atoms with Gasteiger partial charge in [0.1, 0.15) is 18.2 Å². The van der Waals surface area contributed by atoms with E-state index in [0.29, 0.717) is 30.9 Å². The maximum Gasteiger partial charge on any atom is 0.224 e. The molecule has 2 aromatic rings. The first kappa shape index (κ1) is 18.3. The van der Waals surface area contributed by atoms with Gasteiger partial charge in [-0.1, -0.05) is 6.07 Å². The summed E-state index contributed by atoms with van der Waals surface area (Å²) < 4.78 is 24.8. The first-order chi connectivity index (χ1) is 12.7. The third-order valence-electron chi connectivity index (χ3n) is 4.23. The van der Waals surface area contributed by atoms with E-state index in [0.717, 1.165) is 31.6 Å². The third kappa shape index (κ3) is 5.52. The molecule has 1 amide bonds. The molecule has 1 atom stereocenters. The van der Waals surface area contributed by atoms with Crippen molar-refractivity contribution in [3.05, 3.63) is 54.1 Å². The van der Waals surface area contributed by atoms with Gasteiger partial charge in [-0.25, -0.2) is 4.39 Å². The number of aromatic nitrogens is 1. The second-order valence-corrected chi connectivity index (χ2v) is 6.31. The number of ether oxygens (including phenoxy) is 2. The molecule has 5 nitrogen and oxygen atoms in total. The van der Waals surface area contributed by atoms with Crippen LogP contribution in [0.2, 0.25) is 0 Å². The lowest BCUT2D eigenvalue weighted by Gasteiger charge is -2.15. The average Bonchev–Trinajstić information content (AvgIpc) is 3.15. The number of hydrogen-bond acceptors (Lipinski definition) is 4. The van der Waals surface area contributed by atoms with Gasteiger partial charge in [0, 0.05) is 31.0 Å². The van der Waals surface area contributed by atoms with E-state index in [-0.39, 0.29) is 12.0 Å². The van der Waals surface area contributed by atoms with Gasteiger partial charge in [0.15, 0.2) is 0 Å². The van der Waals surface area contributed by atoms with Crippen LogP contribution in [0.5, 0.6) is 5.75 Å². The van der Waals surface area contributed by atoms with Crippen LogP contribution in [-0.4, -0.2) is 30.2 Å². The third-order valence-corrected chi connectivity index (χ3v) is 4.23. The molecule has 138 valence electrons. The van der Waals surface area contributed by atoms with E-state index in [1.165, 1.54) is 18.2 Å². The van der Waals surface area contributed by atoms with Gasteiger partial charge >= 0.3 is 0 Å². The summed E-state index contributed by atoms with van der Waals surface area (Å²) in [4.78, 5) is 16.4. The number of anilines is 1. The maximum absolute atomic E-state index is 13.6. The number of amides is 1. The molecule has 1 aromatic heterocycles. The number of carbonyl (C=O) groups excluding carboxylic acids is 1. The molecule has 6 heteroatoms. The van der Waals surface area contributed by atoms with Crippen LogP contribution >= 0.6 is 0 Å². The molecule has 0 saturated carbocycles. The molecule has 1 aromatic carbocycles. The van der Waals surface area contributed by atoms with Crippen LogP contribution in [0.1, 0.15) is 31.4 Å². The van der Waals surface area contributed by atoms with E-state index >= 15 is 0 Å². The first-order valence-electron chi connectivity index (χ1n) is 8.94. The van der Waals surface area contributed by atoms with Crippen LogP contribution in [-0.2, 0) is 16.0 Å². The summed E-state index contributed by atoms with van der Waals surface area (Å²) in [7, 11) is 0. The highest BCUT2D eigenvalue weighted by Crippen LogP contribution is 2.27. The van der Waals surface area contributed by atoms with Crippen molar-refractivity contribution in [3.63, 3.8) is 0 Å². The average molecular weight is 358 g/mol. The molecular formula is C20H23FN2O3. The van der Waals surface area contributed by atoms with Crippen LogP contribution in [0.4, 0.5) is 10.1 Å². The Labute approximate surface area is 152 Å². The molecule has 0 spiro atoms. The Morgan fingerprint density at radius 2 is 2.27 bits per heavy atom. The molecule has 0 radical (unpaired) electrons. The summed E-state index contributed by atoms with van der Waals surface area (Å²) in [6.07, 6.45) is 5.50. The van der Waals surface area contributed by atoms with Crippen LogP contribution in [0, 0.1) is 5.82 Å². The fraction of sp³-hybridized carbons (Fsp3) is 0.400. The van der Waals surface area contributed by atoms with Gasteiger partial charge in [-0.3, -0.25) is 9.78 Å². The molecule has 1 fully saturated rings. The summed E-state index contributed by atoms with van der Waals surface area (Å²) in [6, 6.07) is 9.85. The van der Waals surface area contributed by atoms with Gasteiger partial charge in [0.25, 0.3) is 0 Å². The number of aryl methyl sites for hydroxylation is 1. The zero-order chi connectivity index (χ0) is 18.2. The first-order valence-corrected chi connectivity index (χ1v) is 8.94. The number of halogens is 1. The van der Waals surface area contributed by atoms with Crippen LogP contribution in [0.15, 0.2) is 42.6 Å². The van der Waals surface area contributed by atoms with Gasteiger partial charge in [-0.05, 0) is 49.9 Å². The lowest BCUT2D eigenvalue weighted by atomic mass is 10.1. The Morgan fingerprint density at radius 3 is 3.04 bits per heavy atom. The zero-order valence-electron chi connectivity index (χ0n) is 14.6. The van der Waals surface area contributed by atoms with Crippen molar-refractivity contribution in [1.29, 1.82) is 0 Å². The Morgan fingerprint density at radius 1 is 1.35 bits per heavy atom. The fourth-order valence-corrected chi connectivity index (χ4v) is 2.87. The molecule has 1 aliphatic rings. The number of hydrogen-bond donors (Lipinski definition) is 1. The molecule has 0 aliphatic carbocycles. The highest BCUT2D eigenvalue weighted by Gasteiger charge is 2.17. The molecule has 3 rings (SSSR count). The van der Waals surface area contributed by atoms with E-state index in [1.807, 2.05) is 18.2 Å². The second-order valence-electron chi connectivity index (χ2n) is 6.31. The van der Waals surface area contributed by atoms with Crippen molar-refractivity contribution in [1.82, 2.24) is 4.98 Å². The zero-order valence-corrected chi connectivity index (χ0v) is 14.6. The van der Waals surface area contributed by atoms with Gasteiger partial charge in [0.05, 0.1) is 11.8 Å². The SMILES string of the molecule is O=C(CCCc1ccccn1)Nc1cc(F)ccc1OCC1CCCO1. The van der Waals surface area contributed by atoms with Crippen molar-refractivity contribution >= 4 is 11.6 Å². The van der Waals surface area contributed by atoms with Crippen molar-refractivity contribution in [2.75, 3.05) is 18.5 Å². The predicted molar refractivity (Wildman–Crippen MR) is 96.7 cm³/mol. The summed E-state index contributed by atoms with van der Waals surface area (Å²) in [5.74, 6) is -0.133. The minimum absolute atomic E-state index is 0.0574.